The fourth-order valence-corrected chi connectivity index (χ4v) is 0.993. The van der Waals surface area contributed by atoms with E-state index in [1.165, 1.54) is 0 Å². The quantitative estimate of drug-likeness (QED) is 0.658. The average molecular weight is 175 g/mol. The van der Waals surface area contributed by atoms with Crippen molar-refractivity contribution >= 4 is 11.9 Å². The second-order valence-corrected chi connectivity index (χ2v) is 2.62. The van der Waals surface area contributed by atoms with E-state index in [4.69, 9.17) is 11.5 Å². The molecule has 4 N–H and O–H groups in total. The van der Waals surface area contributed by atoms with Gasteiger partial charge in [0.25, 0.3) is 0 Å². The normalized spacial score (nSPS) is 13.0. The first-order chi connectivity index (χ1) is 6.25. The zero-order valence-corrected chi connectivity index (χ0v) is 7.57. The number of hydrogen-bond donors (Lipinski definition) is 2. The molecule has 0 bridgehead atoms. The Balaban J connectivity index is 3.03. The van der Waals surface area contributed by atoms with Crippen LogP contribution in [0.2, 0.25) is 0 Å². The molecule has 1 aromatic rings. The summed E-state index contributed by atoms with van der Waals surface area (Å²) < 4.78 is 0. The van der Waals surface area contributed by atoms with E-state index in [2.05, 4.69) is 4.99 Å². The van der Waals surface area contributed by atoms with Crippen LogP contribution in [0.5, 0.6) is 0 Å². The number of allylic oxidation sites excluding steroid dienone is 1. The van der Waals surface area contributed by atoms with Gasteiger partial charge in [-0.1, -0.05) is 30.3 Å². The monoisotopic (exact) mass is 175 g/mol. The smallest absolute Gasteiger partial charge is 0.0735 e. The predicted octanol–water partition coefficient (Wildman–Crippen LogP) is 0.973. The van der Waals surface area contributed by atoms with Crippen molar-refractivity contribution < 1.29 is 0 Å². The minimum Gasteiger partial charge on any atom is -0.397 e. The van der Waals surface area contributed by atoms with Gasteiger partial charge in [-0.05, 0) is 5.56 Å². The first-order valence-corrected chi connectivity index (χ1v) is 3.98. The van der Waals surface area contributed by atoms with Gasteiger partial charge >= 0.3 is 0 Å². The number of benzene rings is 1. The third kappa shape index (κ3) is 2.33. The van der Waals surface area contributed by atoms with Gasteiger partial charge in [0.15, 0.2) is 0 Å². The van der Waals surface area contributed by atoms with E-state index >= 15 is 0 Å². The summed E-state index contributed by atoms with van der Waals surface area (Å²) in [7, 11) is 1.66. The Bertz CT molecular complexity index is 325. The molecule has 0 radical (unpaired) electrons. The standard InChI is InChI=1S/C10H13N3/c1-13-7-9(11)10(12)8-5-3-2-4-6-8/h2-7H,11-12H2,1H3/b10-9+,13-7?. The van der Waals surface area contributed by atoms with Crippen LogP contribution in [0.1, 0.15) is 5.56 Å². The molecule has 3 heteroatoms. The maximum Gasteiger partial charge on any atom is 0.0735 e. The van der Waals surface area contributed by atoms with Crippen LogP contribution in [0, 0.1) is 0 Å². The van der Waals surface area contributed by atoms with Crippen molar-refractivity contribution in [2.24, 2.45) is 16.5 Å². The molecule has 0 fully saturated rings. The predicted molar refractivity (Wildman–Crippen MR) is 56.2 cm³/mol. The molecule has 3 nitrogen and oxygen atoms in total. The van der Waals surface area contributed by atoms with Gasteiger partial charge in [0.1, 0.15) is 0 Å². The van der Waals surface area contributed by atoms with Crippen LogP contribution in [0.4, 0.5) is 0 Å². The summed E-state index contributed by atoms with van der Waals surface area (Å²) >= 11 is 0. The zero-order chi connectivity index (χ0) is 9.68. The van der Waals surface area contributed by atoms with Crippen molar-refractivity contribution in [2.45, 2.75) is 0 Å². The van der Waals surface area contributed by atoms with Crippen molar-refractivity contribution in [3.05, 3.63) is 41.6 Å². The molecule has 68 valence electrons. The molecule has 0 aliphatic rings. The fourth-order valence-electron chi connectivity index (χ4n) is 0.993. The Labute approximate surface area is 77.8 Å². The molecule has 0 spiro atoms. The zero-order valence-electron chi connectivity index (χ0n) is 7.57. The van der Waals surface area contributed by atoms with Crippen LogP contribution in [0.25, 0.3) is 5.70 Å². The van der Waals surface area contributed by atoms with Crippen molar-refractivity contribution in [1.82, 2.24) is 0 Å². The molecule has 0 atom stereocenters. The Morgan fingerprint density at radius 2 is 1.85 bits per heavy atom. The van der Waals surface area contributed by atoms with Gasteiger partial charge < -0.3 is 11.5 Å². The van der Waals surface area contributed by atoms with Crippen molar-refractivity contribution in [3.8, 4) is 0 Å². The highest BCUT2D eigenvalue weighted by Gasteiger charge is 1.98. The van der Waals surface area contributed by atoms with Gasteiger partial charge in [0, 0.05) is 13.3 Å². The summed E-state index contributed by atoms with van der Waals surface area (Å²) in [6, 6.07) is 9.58. The van der Waals surface area contributed by atoms with E-state index in [0.29, 0.717) is 11.4 Å². The van der Waals surface area contributed by atoms with Crippen molar-refractivity contribution in [3.63, 3.8) is 0 Å². The van der Waals surface area contributed by atoms with E-state index in [9.17, 15) is 0 Å². The Morgan fingerprint density at radius 3 is 2.38 bits per heavy atom. The lowest BCUT2D eigenvalue weighted by molar-refractivity contribution is 1.38. The summed E-state index contributed by atoms with van der Waals surface area (Å²) in [6.45, 7) is 0. The van der Waals surface area contributed by atoms with Crippen LogP contribution in [0.3, 0.4) is 0 Å². The van der Waals surface area contributed by atoms with Gasteiger partial charge in [-0.3, -0.25) is 4.99 Å². The molecular formula is C10H13N3. The van der Waals surface area contributed by atoms with E-state index in [1.807, 2.05) is 30.3 Å². The molecule has 0 aromatic heterocycles. The summed E-state index contributed by atoms with van der Waals surface area (Å²) in [6.07, 6.45) is 1.54. The second kappa shape index (κ2) is 4.30. The Hall–Kier alpha value is -1.77. The molecule has 0 saturated heterocycles. The molecule has 13 heavy (non-hydrogen) atoms. The van der Waals surface area contributed by atoms with E-state index in [1.54, 1.807) is 13.3 Å². The lowest BCUT2D eigenvalue weighted by atomic mass is 10.1. The number of nitrogens with zero attached hydrogens (tertiary/aromatic N) is 1. The summed E-state index contributed by atoms with van der Waals surface area (Å²) in [5.74, 6) is 0. The van der Waals surface area contributed by atoms with Crippen molar-refractivity contribution in [2.75, 3.05) is 7.05 Å². The molecule has 0 unspecified atom stereocenters. The van der Waals surface area contributed by atoms with Crippen molar-refractivity contribution in [1.29, 1.82) is 0 Å². The Morgan fingerprint density at radius 1 is 1.23 bits per heavy atom. The third-order valence-corrected chi connectivity index (χ3v) is 1.66. The molecule has 1 rings (SSSR count). The van der Waals surface area contributed by atoms with Crippen LogP contribution in [-0.4, -0.2) is 13.3 Å². The SMILES string of the molecule is CN=C/C(N)=C(\N)c1ccccc1. The van der Waals surface area contributed by atoms with Gasteiger partial charge in [-0.2, -0.15) is 0 Å². The first-order valence-electron chi connectivity index (χ1n) is 3.98. The van der Waals surface area contributed by atoms with E-state index in [-0.39, 0.29) is 0 Å². The highest BCUT2D eigenvalue weighted by Crippen LogP contribution is 2.08. The number of nitrogens with two attached hydrogens (primary N) is 2. The summed E-state index contributed by atoms with van der Waals surface area (Å²) in [4.78, 5) is 3.79. The largest absolute Gasteiger partial charge is 0.397 e. The number of rotatable bonds is 2. The topological polar surface area (TPSA) is 64.4 Å². The highest BCUT2D eigenvalue weighted by atomic mass is 14.7. The maximum atomic E-state index is 5.79. The molecule has 0 amide bonds. The molecule has 0 saturated carbocycles. The Kier molecular flexibility index (Phi) is 3.09. The van der Waals surface area contributed by atoms with E-state index < -0.39 is 0 Å². The van der Waals surface area contributed by atoms with Crippen LogP contribution in [0.15, 0.2) is 41.0 Å². The van der Waals surface area contributed by atoms with E-state index in [0.717, 1.165) is 5.56 Å². The minimum atomic E-state index is 0.494. The number of hydrogen-bond acceptors (Lipinski definition) is 3. The molecule has 1 aromatic carbocycles. The molecule has 0 aliphatic carbocycles. The maximum absolute atomic E-state index is 5.79. The fraction of sp³-hybridized carbons (Fsp3) is 0.100. The highest BCUT2D eigenvalue weighted by molar-refractivity contribution is 5.88. The van der Waals surface area contributed by atoms with Crippen LogP contribution in [-0.2, 0) is 0 Å². The average Bonchev–Trinajstić information content (AvgIpc) is 2.18. The van der Waals surface area contributed by atoms with Gasteiger partial charge in [-0.15, -0.1) is 0 Å². The van der Waals surface area contributed by atoms with Gasteiger partial charge in [-0.25, -0.2) is 0 Å². The third-order valence-electron chi connectivity index (χ3n) is 1.66. The molecular weight excluding hydrogens is 162 g/mol. The molecule has 0 heterocycles. The number of aliphatic imine (C=N–C) groups is 1. The van der Waals surface area contributed by atoms with Crippen LogP contribution < -0.4 is 11.5 Å². The van der Waals surface area contributed by atoms with Gasteiger partial charge in [0.05, 0.1) is 11.4 Å². The minimum absolute atomic E-state index is 0.494. The van der Waals surface area contributed by atoms with Gasteiger partial charge in [0.2, 0.25) is 0 Å². The lowest BCUT2D eigenvalue weighted by Gasteiger charge is -2.02. The van der Waals surface area contributed by atoms with Crippen LogP contribution >= 0.6 is 0 Å². The molecule has 0 aliphatic heterocycles. The first kappa shape index (κ1) is 9.32. The second-order valence-electron chi connectivity index (χ2n) is 2.62. The summed E-state index contributed by atoms with van der Waals surface area (Å²) in [5, 5.41) is 0. The lowest BCUT2D eigenvalue weighted by Crippen LogP contribution is -2.09. The summed E-state index contributed by atoms with van der Waals surface area (Å²) in [5.41, 5.74) is 13.4.